The number of nitrogens with zero attached hydrogens (tertiary/aromatic N) is 2. The summed E-state index contributed by atoms with van der Waals surface area (Å²) >= 11 is 0. The second kappa shape index (κ2) is 5.61. The first-order valence-electron chi connectivity index (χ1n) is 6.82. The molecule has 2 rings (SSSR count). The predicted octanol–water partition coefficient (Wildman–Crippen LogP) is 2.96. The highest BCUT2D eigenvalue weighted by Crippen LogP contribution is 2.25. The zero-order chi connectivity index (χ0) is 14.0. The maximum Gasteiger partial charge on any atom is 0.199 e. The van der Waals surface area contributed by atoms with Crippen LogP contribution in [-0.4, -0.2) is 22.5 Å². The monoisotopic (exact) mass is 261 g/mol. The molecule has 4 nitrogen and oxygen atoms in total. The molecule has 0 spiro atoms. The molecule has 0 amide bonds. The first kappa shape index (κ1) is 13.9. The highest BCUT2D eigenvalue weighted by molar-refractivity contribution is 5.56. The third-order valence-corrected chi connectivity index (χ3v) is 3.13. The number of rotatable bonds is 5. The lowest BCUT2D eigenvalue weighted by molar-refractivity contribution is 0.389. The van der Waals surface area contributed by atoms with E-state index in [1.807, 2.05) is 12.1 Å². The first-order chi connectivity index (χ1) is 9.04. The quantitative estimate of drug-likeness (QED) is 0.899. The van der Waals surface area contributed by atoms with Crippen LogP contribution in [0.5, 0.6) is 5.88 Å². The third-order valence-electron chi connectivity index (χ3n) is 3.13. The molecule has 0 atom stereocenters. The summed E-state index contributed by atoms with van der Waals surface area (Å²) < 4.78 is 7.57. The van der Waals surface area contributed by atoms with Crippen LogP contribution >= 0.6 is 0 Å². The minimum atomic E-state index is 0.358. The van der Waals surface area contributed by atoms with Crippen molar-refractivity contribution in [3.8, 4) is 5.88 Å². The van der Waals surface area contributed by atoms with E-state index < -0.39 is 0 Å². The van der Waals surface area contributed by atoms with Crippen molar-refractivity contribution in [1.29, 1.82) is 0 Å². The second-order valence-corrected chi connectivity index (χ2v) is 5.40. The predicted molar refractivity (Wildman–Crippen MR) is 77.8 cm³/mol. The summed E-state index contributed by atoms with van der Waals surface area (Å²) in [5.41, 5.74) is 2.20. The Labute approximate surface area is 114 Å². The molecule has 2 heterocycles. The molecule has 1 N–H and O–H groups in total. The number of imidazole rings is 1. The number of hydrogen-bond acceptors (Lipinski definition) is 3. The van der Waals surface area contributed by atoms with E-state index in [0.717, 1.165) is 29.5 Å². The van der Waals surface area contributed by atoms with Gasteiger partial charge in [-0.15, -0.1) is 0 Å². The molecule has 0 aromatic carbocycles. The van der Waals surface area contributed by atoms with Gasteiger partial charge in [-0.05, 0) is 12.1 Å². The summed E-state index contributed by atoms with van der Waals surface area (Å²) in [5.74, 6) is 2.24. The van der Waals surface area contributed by atoms with Crippen LogP contribution in [0.15, 0.2) is 18.2 Å². The number of nitrogens with one attached hydrogen (secondary N) is 1. The Morgan fingerprint density at radius 1 is 1.26 bits per heavy atom. The number of aromatic nitrogens is 2. The Hall–Kier alpha value is -1.55. The van der Waals surface area contributed by atoms with Crippen molar-refractivity contribution in [3.63, 3.8) is 0 Å². The van der Waals surface area contributed by atoms with Crippen molar-refractivity contribution in [2.24, 2.45) is 0 Å². The summed E-state index contributed by atoms with van der Waals surface area (Å²) in [7, 11) is 1.70. The molecule has 0 saturated heterocycles. The van der Waals surface area contributed by atoms with Gasteiger partial charge < -0.3 is 10.1 Å². The van der Waals surface area contributed by atoms with Crippen molar-refractivity contribution >= 4 is 5.52 Å². The molecule has 0 aliphatic carbocycles. The summed E-state index contributed by atoms with van der Waals surface area (Å²) in [6.07, 6.45) is 0. The van der Waals surface area contributed by atoms with E-state index in [9.17, 15) is 0 Å². The van der Waals surface area contributed by atoms with Crippen molar-refractivity contribution in [3.05, 3.63) is 29.7 Å². The Balaban J connectivity index is 2.54. The molecular weight excluding hydrogens is 238 g/mol. The van der Waals surface area contributed by atoms with Gasteiger partial charge in [-0.3, -0.25) is 4.40 Å². The molecular formula is C15H23N3O. The Morgan fingerprint density at radius 2 is 2.00 bits per heavy atom. The van der Waals surface area contributed by atoms with Gasteiger partial charge in [-0.25, -0.2) is 4.98 Å². The molecule has 2 aromatic rings. The topological polar surface area (TPSA) is 38.6 Å². The van der Waals surface area contributed by atoms with Gasteiger partial charge in [-0.1, -0.05) is 33.8 Å². The highest BCUT2D eigenvalue weighted by Gasteiger charge is 2.16. The van der Waals surface area contributed by atoms with Crippen LogP contribution in [0, 0.1) is 0 Å². The lowest BCUT2D eigenvalue weighted by Gasteiger charge is -2.09. The average molecular weight is 261 g/mol. The van der Waals surface area contributed by atoms with Crippen molar-refractivity contribution in [1.82, 2.24) is 14.7 Å². The standard InChI is InChI=1S/C15H23N3O/c1-10(2)15-17-12(9-16-11(3)4)13-7-6-8-14(19-5)18(13)15/h6-8,10-11,16H,9H2,1-5H3. The van der Waals surface area contributed by atoms with Crippen LogP contribution in [0.25, 0.3) is 5.52 Å². The van der Waals surface area contributed by atoms with E-state index in [1.54, 1.807) is 7.11 Å². The van der Waals surface area contributed by atoms with E-state index in [0.29, 0.717) is 12.0 Å². The van der Waals surface area contributed by atoms with Gasteiger partial charge in [0.15, 0.2) is 5.88 Å². The summed E-state index contributed by atoms with van der Waals surface area (Å²) in [6, 6.07) is 6.53. The van der Waals surface area contributed by atoms with Crippen LogP contribution in [-0.2, 0) is 6.54 Å². The van der Waals surface area contributed by atoms with Crippen LogP contribution < -0.4 is 10.1 Å². The van der Waals surface area contributed by atoms with Crippen molar-refractivity contribution in [2.45, 2.75) is 46.2 Å². The third kappa shape index (κ3) is 2.73. The second-order valence-electron chi connectivity index (χ2n) is 5.40. The molecule has 2 aromatic heterocycles. The van der Waals surface area contributed by atoms with Crippen LogP contribution in [0.4, 0.5) is 0 Å². The van der Waals surface area contributed by atoms with E-state index >= 15 is 0 Å². The normalized spacial score (nSPS) is 11.7. The van der Waals surface area contributed by atoms with Crippen molar-refractivity contribution in [2.75, 3.05) is 7.11 Å². The number of fused-ring (bicyclic) bond motifs is 1. The fourth-order valence-electron chi connectivity index (χ4n) is 2.17. The number of methoxy groups -OCH3 is 1. The smallest absolute Gasteiger partial charge is 0.199 e. The summed E-state index contributed by atoms with van der Waals surface area (Å²) in [5, 5.41) is 3.43. The molecule has 104 valence electrons. The molecule has 0 fully saturated rings. The van der Waals surface area contributed by atoms with Gasteiger partial charge in [0.1, 0.15) is 5.82 Å². The van der Waals surface area contributed by atoms with E-state index in [-0.39, 0.29) is 0 Å². The molecule has 0 aliphatic heterocycles. The summed E-state index contributed by atoms with van der Waals surface area (Å²) in [6.45, 7) is 9.37. The van der Waals surface area contributed by atoms with Crippen LogP contribution in [0.1, 0.15) is 45.1 Å². The number of hydrogen-bond donors (Lipinski definition) is 1. The highest BCUT2D eigenvalue weighted by atomic mass is 16.5. The zero-order valence-electron chi connectivity index (χ0n) is 12.4. The van der Waals surface area contributed by atoms with E-state index in [1.165, 1.54) is 0 Å². The van der Waals surface area contributed by atoms with Gasteiger partial charge in [0.05, 0.1) is 18.3 Å². The van der Waals surface area contributed by atoms with Gasteiger partial charge >= 0.3 is 0 Å². The molecule has 0 saturated carbocycles. The first-order valence-corrected chi connectivity index (χ1v) is 6.82. The SMILES string of the molecule is COc1cccc2c(CNC(C)C)nc(C(C)C)n12. The zero-order valence-corrected chi connectivity index (χ0v) is 12.4. The average Bonchev–Trinajstić information content (AvgIpc) is 2.75. The lowest BCUT2D eigenvalue weighted by atomic mass is 10.2. The van der Waals surface area contributed by atoms with Crippen LogP contribution in [0.2, 0.25) is 0 Å². The number of ether oxygens (including phenoxy) is 1. The van der Waals surface area contributed by atoms with Gasteiger partial charge in [0.25, 0.3) is 0 Å². The van der Waals surface area contributed by atoms with Crippen LogP contribution in [0.3, 0.4) is 0 Å². The summed E-state index contributed by atoms with van der Waals surface area (Å²) in [4.78, 5) is 4.79. The molecule has 4 heteroatoms. The minimum Gasteiger partial charge on any atom is -0.482 e. The molecule has 0 radical (unpaired) electrons. The fraction of sp³-hybridized carbons (Fsp3) is 0.533. The largest absolute Gasteiger partial charge is 0.482 e. The van der Waals surface area contributed by atoms with Gasteiger partial charge in [0, 0.05) is 18.5 Å². The fourth-order valence-corrected chi connectivity index (χ4v) is 2.17. The lowest BCUT2D eigenvalue weighted by Crippen LogP contribution is -2.22. The van der Waals surface area contributed by atoms with E-state index in [4.69, 9.17) is 9.72 Å². The van der Waals surface area contributed by atoms with Gasteiger partial charge in [0.2, 0.25) is 0 Å². The number of pyridine rings is 1. The molecule has 0 aliphatic rings. The molecule has 0 bridgehead atoms. The van der Waals surface area contributed by atoms with Gasteiger partial charge in [-0.2, -0.15) is 0 Å². The van der Waals surface area contributed by atoms with Crippen molar-refractivity contribution < 1.29 is 4.74 Å². The Kier molecular flexibility index (Phi) is 4.10. The maximum atomic E-state index is 5.46. The minimum absolute atomic E-state index is 0.358. The molecule has 0 unspecified atom stereocenters. The molecule has 19 heavy (non-hydrogen) atoms. The Bertz CT molecular complexity index is 558. The Morgan fingerprint density at radius 3 is 2.58 bits per heavy atom. The van der Waals surface area contributed by atoms with E-state index in [2.05, 4.69) is 43.5 Å². The maximum absolute atomic E-state index is 5.46.